The molecule has 1 aliphatic heterocycles. The largest absolute Gasteiger partial charge is 0.384 e. The molecule has 3 N–H and O–H groups in total. The Morgan fingerprint density at radius 3 is 3.00 bits per heavy atom. The van der Waals surface area contributed by atoms with E-state index in [-0.39, 0.29) is 5.56 Å². The van der Waals surface area contributed by atoms with Gasteiger partial charge in [-0.2, -0.15) is 0 Å². The minimum absolute atomic E-state index is 0.184. The van der Waals surface area contributed by atoms with Gasteiger partial charge in [-0.25, -0.2) is 4.39 Å². The van der Waals surface area contributed by atoms with Gasteiger partial charge >= 0.3 is 0 Å². The van der Waals surface area contributed by atoms with E-state index < -0.39 is 11.7 Å². The summed E-state index contributed by atoms with van der Waals surface area (Å²) >= 11 is 0. The molecule has 1 amide bonds. The molecule has 0 aromatic heterocycles. The van der Waals surface area contributed by atoms with Crippen molar-refractivity contribution in [3.63, 3.8) is 0 Å². The van der Waals surface area contributed by atoms with Gasteiger partial charge in [0.1, 0.15) is 5.82 Å². The van der Waals surface area contributed by atoms with Gasteiger partial charge in [-0.1, -0.05) is 0 Å². The van der Waals surface area contributed by atoms with Crippen molar-refractivity contribution in [2.75, 3.05) is 25.1 Å². The molecule has 5 heteroatoms. The van der Waals surface area contributed by atoms with E-state index in [4.69, 9.17) is 10.5 Å². The van der Waals surface area contributed by atoms with Crippen LogP contribution in [0.5, 0.6) is 0 Å². The van der Waals surface area contributed by atoms with Crippen LogP contribution in [-0.2, 0) is 4.74 Å². The molecule has 1 heterocycles. The van der Waals surface area contributed by atoms with E-state index >= 15 is 0 Å². The van der Waals surface area contributed by atoms with E-state index in [1.807, 2.05) is 0 Å². The zero-order valence-corrected chi connectivity index (χ0v) is 10.3. The van der Waals surface area contributed by atoms with E-state index in [1.165, 1.54) is 6.07 Å². The quantitative estimate of drug-likeness (QED) is 0.857. The lowest BCUT2D eigenvalue weighted by Gasteiger charge is -2.14. The molecule has 18 heavy (non-hydrogen) atoms. The van der Waals surface area contributed by atoms with Gasteiger partial charge in [0.15, 0.2) is 0 Å². The first-order chi connectivity index (χ1) is 8.58. The van der Waals surface area contributed by atoms with Crippen molar-refractivity contribution in [2.24, 2.45) is 11.7 Å². The SMILES string of the molecule is Cc1c(F)cc(C(N)=O)cc1NCC1CCOC1. The first kappa shape index (κ1) is 12.8. The molecule has 4 nitrogen and oxygen atoms in total. The number of amides is 1. The maximum atomic E-state index is 13.6. The van der Waals surface area contributed by atoms with Crippen molar-refractivity contribution < 1.29 is 13.9 Å². The van der Waals surface area contributed by atoms with Gasteiger partial charge in [-0.15, -0.1) is 0 Å². The van der Waals surface area contributed by atoms with Gasteiger partial charge in [-0.3, -0.25) is 4.79 Å². The lowest BCUT2D eigenvalue weighted by atomic mass is 10.1. The third kappa shape index (κ3) is 2.79. The normalized spacial score (nSPS) is 18.9. The molecule has 1 aromatic carbocycles. The summed E-state index contributed by atoms with van der Waals surface area (Å²) in [5, 5.41) is 3.16. The fourth-order valence-electron chi connectivity index (χ4n) is 2.00. The highest BCUT2D eigenvalue weighted by Gasteiger charge is 2.16. The third-order valence-corrected chi connectivity index (χ3v) is 3.23. The summed E-state index contributed by atoms with van der Waals surface area (Å²) in [5.41, 5.74) is 6.47. The van der Waals surface area contributed by atoms with Crippen LogP contribution in [0.15, 0.2) is 12.1 Å². The Morgan fingerprint density at radius 2 is 2.39 bits per heavy atom. The van der Waals surface area contributed by atoms with E-state index in [2.05, 4.69) is 5.32 Å². The van der Waals surface area contributed by atoms with Crippen LogP contribution < -0.4 is 11.1 Å². The molecule has 0 bridgehead atoms. The van der Waals surface area contributed by atoms with Crippen molar-refractivity contribution >= 4 is 11.6 Å². The molecule has 1 fully saturated rings. The highest BCUT2D eigenvalue weighted by Crippen LogP contribution is 2.22. The number of ether oxygens (including phenoxy) is 1. The van der Waals surface area contributed by atoms with Gasteiger partial charge in [0, 0.05) is 35.9 Å². The predicted molar refractivity (Wildman–Crippen MR) is 67.1 cm³/mol. The number of nitrogens with two attached hydrogens (primary N) is 1. The van der Waals surface area contributed by atoms with Crippen molar-refractivity contribution in [1.29, 1.82) is 0 Å². The molecule has 0 radical (unpaired) electrons. The van der Waals surface area contributed by atoms with Crippen LogP contribution in [0.3, 0.4) is 0 Å². The van der Waals surface area contributed by atoms with Gasteiger partial charge in [0.25, 0.3) is 0 Å². The number of carbonyl (C=O) groups is 1. The van der Waals surface area contributed by atoms with Crippen molar-refractivity contribution in [2.45, 2.75) is 13.3 Å². The minimum atomic E-state index is -0.624. The van der Waals surface area contributed by atoms with E-state index in [9.17, 15) is 9.18 Å². The second kappa shape index (κ2) is 5.35. The molecule has 1 unspecified atom stereocenters. The maximum absolute atomic E-state index is 13.6. The van der Waals surface area contributed by atoms with Crippen LogP contribution in [0.2, 0.25) is 0 Å². The van der Waals surface area contributed by atoms with Crippen LogP contribution in [-0.4, -0.2) is 25.7 Å². The van der Waals surface area contributed by atoms with Crippen LogP contribution >= 0.6 is 0 Å². The monoisotopic (exact) mass is 252 g/mol. The Bertz CT molecular complexity index is 457. The Balaban J connectivity index is 2.12. The second-order valence-corrected chi connectivity index (χ2v) is 4.61. The van der Waals surface area contributed by atoms with Crippen molar-refractivity contribution in [3.05, 3.63) is 29.1 Å². The van der Waals surface area contributed by atoms with Crippen LogP contribution in [0, 0.1) is 18.7 Å². The standard InChI is InChI=1S/C13H17FN2O2/c1-8-11(14)4-10(13(15)17)5-12(8)16-6-9-2-3-18-7-9/h4-5,9,16H,2-3,6-7H2,1H3,(H2,15,17). The molecular weight excluding hydrogens is 235 g/mol. The highest BCUT2D eigenvalue weighted by molar-refractivity contribution is 5.94. The fraction of sp³-hybridized carbons (Fsp3) is 0.462. The number of anilines is 1. The number of halogens is 1. The topological polar surface area (TPSA) is 64.4 Å². The first-order valence-electron chi connectivity index (χ1n) is 5.99. The minimum Gasteiger partial charge on any atom is -0.384 e. The number of rotatable bonds is 4. The van der Waals surface area contributed by atoms with Gasteiger partial charge in [0.05, 0.1) is 6.61 Å². The third-order valence-electron chi connectivity index (χ3n) is 3.23. The highest BCUT2D eigenvalue weighted by atomic mass is 19.1. The average Bonchev–Trinajstić information content (AvgIpc) is 2.83. The molecule has 98 valence electrons. The summed E-state index contributed by atoms with van der Waals surface area (Å²) in [5.74, 6) is -0.609. The Morgan fingerprint density at radius 1 is 1.61 bits per heavy atom. The molecule has 0 aliphatic carbocycles. The Labute approximate surface area is 105 Å². The van der Waals surface area contributed by atoms with Crippen LogP contribution in [0.4, 0.5) is 10.1 Å². The predicted octanol–water partition coefficient (Wildman–Crippen LogP) is 1.68. The molecular formula is C13H17FN2O2. The second-order valence-electron chi connectivity index (χ2n) is 4.61. The van der Waals surface area contributed by atoms with E-state index in [0.717, 1.165) is 19.6 Å². The lowest BCUT2D eigenvalue weighted by molar-refractivity contribution is 0.1000. The smallest absolute Gasteiger partial charge is 0.248 e. The van der Waals surface area contributed by atoms with Crippen LogP contribution in [0.1, 0.15) is 22.3 Å². The van der Waals surface area contributed by atoms with Crippen LogP contribution in [0.25, 0.3) is 0 Å². The molecule has 1 atom stereocenters. The van der Waals surface area contributed by atoms with E-state index in [1.54, 1.807) is 13.0 Å². The summed E-state index contributed by atoms with van der Waals surface area (Å²) in [4.78, 5) is 11.1. The lowest BCUT2D eigenvalue weighted by Crippen LogP contribution is -2.17. The molecule has 0 saturated carbocycles. The van der Waals surface area contributed by atoms with Crippen molar-refractivity contribution in [1.82, 2.24) is 0 Å². The van der Waals surface area contributed by atoms with Gasteiger partial charge < -0.3 is 15.8 Å². The summed E-state index contributed by atoms with van der Waals surface area (Å²) in [6, 6.07) is 2.76. The van der Waals surface area contributed by atoms with Crippen molar-refractivity contribution in [3.8, 4) is 0 Å². The molecule has 1 aliphatic rings. The summed E-state index contributed by atoms with van der Waals surface area (Å²) in [6.07, 6.45) is 1.00. The summed E-state index contributed by atoms with van der Waals surface area (Å²) < 4.78 is 18.9. The molecule has 1 aromatic rings. The average molecular weight is 252 g/mol. The number of hydrogen-bond donors (Lipinski definition) is 2. The number of nitrogens with one attached hydrogen (secondary N) is 1. The number of primary amides is 1. The maximum Gasteiger partial charge on any atom is 0.248 e. The number of carbonyl (C=O) groups excluding carboxylic acids is 1. The first-order valence-corrected chi connectivity index (χ1v) is 5.99. The number of hydrogen-bond acceptors (Lipinski definition) is 3. The molecule has 1 saturated heterocycles. The van der Waals surface area contributed by atoms with E-state index in [0.29, 0.717) is 23.7 Å². The zero-order chi connectivity index (χ0) is 13.1. The molecule has 2 rings (SSSR count). The zero-order valence-electron chi connectivity index (χ0n) is 10.3. The van der Waals surface area contributed by atoms with Gasteiger partial charge in [-0.05, 0) is 25.5 Å². The number of benzene rings is 1. The fourth-order valence-corrected chi connectivity index (χ4v) is 2.00. The summed E-state index contributed by atoms with van der Waals surface area (Å²) in [7, 11) is 0. The Hall–Kier alpha value is -1.62. The Kier molecular flexibility index (Phi) is 3.81. The molecule has 0 spiro atoms. The van der Waals surface area contributed by atoms with Gasteiger partial charge in [0.2, 0.25) is 5.91 Å². The summed E-state index contributed by atoms with van der Waals surface area (Å²) in [6.45, 7) is 3.89.